The summed E-state index contributed by atoms with van der Waals surface area (Å²) in [6, 6.07) is 5.81. The van der Waals surface area contributed by atoms with Crippen molar-refractivity contribution in [1.82, 2.24) is 9.88 Å². The van der Waals surface area contributed by atoms with Crippen molar-refractivity contribution in [3.63, 3.8) is 0 Å². The van der Waals surface area contributed by atoms with Gasteiger partial charge in [0.1, 0.15) is 6.61 Å². The van der Waals surface area contributed by atoms with E-state index >= 15 is 0 Å². The smallest absolute Gasteiger partial charge is 0.229 e. The van der Waals surface area contributed by atoms with E-state index in [0.717, 1.165) is 29.2 Å². The molecule has 6 heteroatoms. The number of methoxy groups -OCH3 is 1. The van der Waals surface area contributed by atoms with Crippen LogP contribution in [0.3, 0.4) is 0 Å². The van der Waals surface area contributed by atoms with E-state index < -0.39 is 0 Å². The summed E-state index contributed by atoms with van der Waals surface area (Å²) in [5.41, 5.74) is 3.94. The van der Waals surface area contributed by atoms with E-state index in [9.17, 15) is 4.79 Å². The van der Waals surface area contributed by atoms with Gasteiger partial charge in [0.2, 0.25) is 5.91 Å². The van der Waals surface area contributed by atoms with Gasteiger partial charge in [-0.25, -0.2) is 4.98 Å². The number of nitrogens with zero attached hydrogens (tertiary/aromatic N) is 2. The molecule has 0 aliphatic carbocycles. The Hall–Kier alpha value is -2.08. The average Bonchev–Trinajstić information content (AvgIpc) is 3.02. The largest absolute Gasteiger partial charge is 0.493 e. The van der Waals surface area contributed by atoms with E-state index in [2.05, 4.69) is 4.98 Å². The van der Waals surface area contributed by atoms with Crippen LogP contribution in [0.5, 0.6) is 11.5 Å². The van der Waals surface area contributed by atoms with Crippen LogP contribution in [0.1, 0.15) is 16.1 Å². The van der Waals surface area contributed by atoms with Gasteiger partial charge in [0.15, 0.2) is 11.5 Å². The van der Waals surface area contributed by atoms with E-state index in [4.69, 9.17) is 9.47 Å². The zero-order chi connectivity index (χ0) is 17.1. The number of para-hydroxylation sites is 1. The molecule has 2 aromatic rings. The number of amides is 1. The third-order valence-corrected chi connectivity index (χ3v) is 5.42. The van der Waals surface area contributed by atoms with E-state index in [1.165, 1.54) is 4.88 Å². The van der Waals surface area contributed by atoms with Crippen LogP contribution in [0.25, 0.3) is 0 Å². The summed E-state index contributed by atoms with van der Waals surface area (Å²) < 4.78 is 11.1. The summed E-state index contributed by atoms with van der Waals surface area (Å²) in [5, 5.41) is 0. The Morgan fingerprint density at radius 3 is 3.04 bits per heavy atom. The van der Waals surface area contributed by atoms with Gasteiger partial charge in [-0.1, -0.05) is 12.1 Å². The molecule has 1 amide bonds. The molecule has 0 saturated carbocycles. The Morgan fingerprint density at radius 2 is 2.33 bits per heavy atom. The monoisotopic (exact) mass is 346 g/mol. The minimum atomic E-state index is -0.142. The van der Waals surface area contributed by atoms with Crippen molar-refractivity contribution in [3.8, 4) is 11.5 Å². The molecule has 5 nitrogen and oxygen atoms in total. The molecule has 0 saturated heterocycles. The highest BCUT2D eigenvalue weighted by Crippen LogP contribution is 2.36. The normalized spacial score (nSPS) is 16.2. The van der Waals surface area contributed by atoms with Crippen molar-refractivity contribution in [2.45, 2.75) is 19.8 Å². The second kappa shape index (κ2) is 7.21. The van der Waals surface area contributed by atoms with Gasteiger partial charge in [0.05, 0.1) is 24.2 Å². The zero-order valence-electron chi connectivity index (χ0n) is 14.2. The molecule has 1 aliphatic rings. The predicted octanol–water partition coefficient (Wildman–Crippen LogP) is 2.71. The average molecular weight is 346 g/mol. The molecule has 0 N–H and O–H groups in total. The van der Waals surface area contributed by atoms with Crippen LogP contribution < -0.4 is 9.47 Å². The van der Waals surface area contributed by atoms with E-state index in [-0.39, 0.29) is 11.8 Å². The van der Waals surface area contributed by atoms with E-state index in [1.807, 2.05) is 37.7 Å². The van der Waals surface area contributed by atoms with Crippen LogP contribution in [-0.4, -0.2) is 43.1 Å². The summed E-state index contributed by atoms with van der Waals surface area (Å²) in [6.07, 6.45) is 1.53. The number of aryl methyl sites for hydroxylation is 1. The molecule has 1 aromatic carbocycles. The molecule has 0 spiro atoms. The van der Waals surface area contributed by atoms with Gasteiger partial charge in [0, 0.05) is 24.9 Å². The van der Waals surface area contributed by atoms with Crippen molar-refractivity contribution in [3.05, 3.63) is 39.8 Å². The van der Waals surface area contributed by atoms with Crippen LogP contribution in [0.4, 0.5) is 0 Å². The molecule has 3 rings (SSSR count). The van der Waals surface area contributed by atoms with Gasteiger partial charge >= 0.3 is 0 Å². The number of hydrogen-bond donors (Lipinski definition) is 0. The van der Waals surface area contributed by atoms with Crippen LogP contribution in [0.15, 0.2) is 23.7 Å². The number of ether oxygens (including phenoxy) is 2. The maximum atomic E-state index is 12.7. The number of carbonyl (C=O) groups is 1. The summed E-state index contributed by atoms with van der Waals surface area (Å²) in [4.78, 5) is 20.0. The molecule has 2 heterocycles. The maximum absolute atomic E-state index is 12.7. The lowest BCUT2D eigenvalue weighted by atomic mass is 9.95. The summed E-state index contributed by atoms with van der Waals surface area (Å²) in [5.74, 6) is 1.49. The number of thiazole rings is 1. The Bertz CT molecular complexity index is 729. The van der Waals surface area contributed by atoms with Gasteiger partial charge in [0.25, 0.3) is 0 Å². The highest BCUT2D eigenvalue weighted by molar-refractivity contribution is 7.09. The van der Waals surface area contributed by atoms with E-state index in [0.29, 0.717) is 19.6 Å². The number of fused-ring (bicyclic) bond motifs is 1. The Kier molecular flexibility index (Phi) is 5.04. The summed E-state index contributed by atoms with van der Waals surface area (Å²) in [7, 11) is 3.49. The molecule has 1 aliphatic heterocycles. The molecule has 1 unspecified atom stereocenters. The molecular weight excluding hydrogens is 324 g/mol. The Labute approximate surface area is 146 Å². The number of likely N-dealkylation sites (N-methyl/N-ethyl adjacent to an activating group) is 1. The quantitative estimate of drug-likeness (QED) is 0.835. The number of carbonyl (C=O) groups excluding carboxylic acids is 1. The van der Waals surface area contributed by atoms with Crippen LogP contribution >= 0.6 is 11.3 Å². The standard InChI is InChI=1S/C18H22N2O3S/c1-12-16(24-11-19-12)7-8-20(2)18(21)14-9-13-5-4-6-15(22-3)17(13)23-10-14/h4-6,11,14H,7-10H2,1-3H3. The second-order valence-corrected chi connectivity index (χ2v) is 6.97. The molecular formula is C18H22N2O3S. The van der Waals surface area contributed by atoms with E-state index in [1.54, 1.807) is 23.3 Å². The lowest BCUT2D eigenvalue weighted by Gasteiger charge is -2.29. The minimum absolute atomic E-state index is 0.130. The SMILES string of the molecule is COc1cccc2c1OCC(C(=O)N(C)CCc1scnc1C)C2. The lowest BCUT2D eigenvalue weighted by molar-refractivity contribution is -0.135. The van der Waals surface area contributed by atoms with Crippen LogP contribution in [0.2, 0.25) is 0 Å². The first-order valence-electron chi connectivity index (χ1n) is 8.02. The maximum Gasteiger partial charge on any atom is 0.229 e. The Balaban J connectivity index is 1.62. The summed E-state index contributed by atoms with van der Waals surface area (Å²) in [6.45, 7) is 3.10. The van der Waals surface area contributed by atoms with Crippen LogP contribution in [-0.2, 0) is 17.6 Å². The fourth-order valence-corrected chi connectivity index (χ4v) is 3.74. The first-order chi connectivity index (χ1) is 11.6. The van der Waals surface area contributed by atoms with Gasteiger partial charge in [-0.2, -0.15) is 0 Å². The van der Waals surface area contributed by atoms with Crippen molar-refractivity contribution in [2.75, 3.05) is 27.3 Å². The number of aromatic nitrogens is 1. The summed E-state index contributed by atoms with van der Waals surface area (Å²) >= 11 is 1.65. The second-order valence-electron chi connectivity index (χ2n) is 6.03. The fraction of sp³-hybridized carbons (Fsp3) is 0.444. The number of hydrogen-bond acceptors (Lipinski definition) is 5. The van der Waals surface area contributed by atoms with Gasteiger partial charge in [-0.05, 0) is 25.0 Å². The third kappa shape index (κ3) is 3.38. The predicted molar refractivity (Wildman–Crippen MR) is 93.9 cm³/mol. The first kappa shape index (κ1) is 16.8. The van der Waals surface area contributed by atoms with Crippen LogP contribution in [0, 0.1) is 12.8 Å². The number of rotatable bonds is 5. The first-order valence-corrected chi connectivity index (χ1v) is 8.90. The third-order valence-electron chi connectivity index (χ3n) is 4.42. The molecule has 0 bridgehead atoms. The molecule has 0 fully saturated rings. The topological polar surface area (TPSA) is 51.7 Å². The van der Waals surface area contributed by atoms with Crippen molar-refractivity contribution in [2.24, 2.45) is 5.92 Å². The fourth-order valence-electron chi connectivity index (χ4n) is 2.97. The Morgan fingerprint density at radius 1 is 1.50 bits per heavy atom. The highest BCUT2D eigenvalue weighted by atomic mass is 32.1. The number of benzene rings is 1. The molecule has 24 heavy (non-hydrogen) atoms. The molecule has 1 atom stereocenters. The van der Waals surface area contributed by atoms with Crippen molar-refractivity contribution in [1.29, 1.82) is 0 Å². The zero-order valence-corrected chi connectivity index (χ0v) is 15.1. The van der Waals surface area contributed by atoms with Gasteiger partial charge in [-0.3, -0.25) is 4.79 Å². The molecule has 0 radical (unpaired) electrons. The minimum Gasteiger partial charge on any atom is -0.493 e. The van der Waals surface area contributed by atoms with Crippen molar-refractivity contribution >= 4 is 17.2 Å². The molecule has 1 aromatic heterocycles. The van der Waals surface area contributed by atoms with Gasteiger partial charge in [-0.15, -0.1) is 11.3 Å². The van der Waals surface area contributed by atoms with Gasteiger partial charge < -0.3 is 14.4 Å². The molecule has 128 valence electrons. The lowest BCUT2D eigenvalue weighted by Crippen LogP contribution is -2.39. The van der Waals surface area contributed by atoms with Crippen molar-refractivity contribution < 1.29 is 14.3 Å². The highest BCUT2D eigenvalue weighted by Gasteiger charge is 2.29.